The van der Waals surface area contributed by atoms with Gasteiger partial charge >= 0.3 is 0 Å². The van der Waals surface area contributed by atoms with Crippen molar-refractivity contribution in [3.63, 3.8) is 0 Å². The van der Waals surface area contributed by atoms with Gasteiger partial charge in [-0.25, -0.2) is 0 Å². The standard InChI is InChI=1S/C16H17N3O2/c1-10-15(13-6-4-5-7-14(13)17-10)16-18(11(2)20)8-9-19(16)12(3)21/h4-9,16-17H,1-3H3. The minimum absolute atomic E-state index is 0.0929. The lowest BCUT2D eigenvalue weighted by Gasteiger charge is -2.29. The number of aryl methyl sites for hydroxylation is 1. The molecule has 1 N–H and O–H groups in total. The SMILES string of the molecule is CC(=O)N1C=CN(C(C)=O)C1c1c(C)[nH]c2ccccc12. The number of nitrogens with zero attached hydrogens (tertiary/aromatic N) is 2. The second kappa shape index (κ2) is 4.77. The van der Waals surface area contributed by atoms with Gasteiger partial charge < -0.3 is 4.98 Å². The molecule has 2 amide bonds. The molecule has 0 aliphatic carbocycles. The number of hydrogen-bond donors (Lipinski definition) is 1. The van der Waals surface area contributed by atoms with Crippen LogP contribution in [0.3, 0.4) is 0 Å². The minimum Gasteiger partial charge on any atom is -0.358 e. The zero-order chi connectivity index (χ0) is 15.1. The second-order valence-corrected chi connectivity index (χ2v) is 5.23. The molecule has 1 aromatic carbocycles. The van der Waals surface area contributed by atoms with Gasteiger partial charge in [0.2, 0.25) is 11.8 Å². The summed E-state index contributed by atoms with van der Waals surface area (Å²) in [5.74, 6) is -0.186. The minimum atomic E-state index is -0.420. The highest BCUT2D eigenvalue weighted by atomic mass is 16.2. The Labute approximate surface area is 122 Å². The van der Waals surface area contributed by atoms with Crippen molar-refractivity contribution in [3.05, 3.63) is 47.9 Å². The van der Waals surface area contributed by atoms with E-state index in [0.29, 0.717) is 0 Å². The maximum Gasteiger partial charge on any atom is 0.225 e. The molecule has 5 nitrogen and oxygen atoms in total. The number of hydrogen-bond acceptors (Lipinski definition) is 2. The fourth-order valence-electron chi connectivity index (χ4n) is 2.90. The normalized spacial score (nSPS) is 15.2. The van der Waals surface area contributed by atoms with Crippen LogP contribution in [0, 0.1) is 6.92 Å². The predicted octanol–water partition coefficient (Wildman–Crippen LogP) is 2.66. The van der Waals surface area contributed by atoms with Crippen LogP contribution in [0.4, 0.5) is 0 Å². The van der Waals surface area contributed by atoms with Gasteiger partial charge in [-0.3, -0.25) is 19.4 Å². The lowest BCUT2D eigenvalue weighted by atomic mass is 10.1. The van der Waals surface area contributed by atoms with E-state index in [0.717, 1.165) is 22.2 Å². The van der Waals surface area contributed by atoms with Crippen LogP contribution in [0.1, 0.15) is 31.3 Å². The second-order valence-electron chi connectivity index (χ2n) is 5.23. The Bertz CT molecular complexity index is 736. The summed E-state index contributed by atoms with van der Waals surface area (Å²) in [4.78, 5) is 30.3. The summed E-state index contributed by atoms with van der Waals surface area (Å²) >= 11 is 0. The molecule has 0 unspecified atom stereocenters. The number of H-pyrrole nitrogens is 1. The van der Waals surface area contributed by atoms with Crippen LogP contribution in [-0.4, -0.2) is 26.6 Å². The van der Waals surface area contributed by atoms with Gasteiger partial charge in [-0.1, -0.05) is 18.2 Å². The first-order valence-corrected chi connectivity index (χ1v) is 6.84. The Balaban J connectivity index is 2.20. The predicted molar refractivity (Wildman–Crippen MR) is 80.0 cm³/mol. The van der Waals surface area contributed by atoms with Crippen LogP contribution >= 0.6 is 0 Å². The molecule has 2 aromatic rings. The van der Waals surface area contributed by atoms with E-state index in [1.165, 1.54) is 13.8 Å². The maximum absolute atomic E-state index is 11.9. The number of nitrogens with one attached hydrogen (secondary N) is 1. The Kier molecular flexibility index (Phi) is 3.05. The summed E-state index contributed by atoms with van der Waals surface area (Å²) in [7, 11) is 0. The van der Waals surface area contributed by atoms with Crippen molar-refractivity contribution in [2.75, 3.05) is 0 Å². The third kappa shape index (κ3) is 2.01. The fourth-order valence-corrected chi connectivity index (χ4v) is 2.90. The van der Waals surface area contributed by atoms with Crippen molar-refractivity contribution >= 4 is 22.7 Å². The molecule has 3 rings (SSSR count). The molecule has 108 valence electrons. The van der Waals surface area contributed by atoms with Gasteiger partial charge in [-0.2, -0.15) is 0 Å². The molecule has 1 aliphatic heterocycles. The topological polar surface area (TPSA) is 56.4 Å². The molecule has 0 spiro atoms. The molecule has 21 heavy (non-hydrogen) atoms. The van der Waals surface area contributed by atoms with Crippen LogP contribution in [0.5, 0.6) is 0 Å². The van der Waals surface area contributed by atoms with Crippen LogP contribution in [-0.2, 0) is 9.59 Å². The van der Waals surface area contributed by atoms with E-state index in [9.17, 15) is 9.59 Å². The van der Waals surface area contributed by atoms with E-state index in [1.54, 1.807) is 22.2 Å². The van der Waals surface area contributed by atoms with Gasteiger partial charge in [-0.15, -0.1) is 0 Å². The quantitative estimate of drug-likeness (QED) is 0.874. The summed E-state index contributed by atoms with van der Waals surface area (Å²) < 4.78 is 0. The van der Waals surface area contributed by atoms with Gasteiger partial charge in [0.25, 0.3) is 0 Å². The Morgan fingerprint density at radius 1 is 1.05 bits per heavy atom. The first-order valence-electron chi connectivity index (χ1n) is 6.84. The van der Waals surface area contributed by atoms with E-state index in [-0.39, 0.29) is 11.8 Å². The smallest absolute Gasteiger partial charge is 0.225 e. The monoisotopic (exact) mass is 283 g/mol. The number of benzene rings is 1. The zero-order valence-corrected chi connectivity index (χ0v) is 12.3. The van der Waals surface area contributed by atoms with Gasteiger partial charge in [0.15, 0.2) is 0 Å². The summed E-state index contributed by atoms with van der Waals surface area (Å²) in [6.45, 7) is 4.97. The van der Waals surface area contributed by atoms with Crippen molar-refractivity contribution in [1.29, 1.82) is 0 Å². The van der Waals surface area contributed by atoms with E-state index < -0.39 is 6.17 Å². The van der Waals surface area contributed by atoms with Gasteiger partial charge in [0.05, 0.1) is 0 Å². The number of rotatable bonds is 1. The molecule has 1 aromatic heterocycles. The average molecular weight is 283 g/mol. The number of carbonyl (C=O) groups is 2. The van der Waals surface area contributed by atoms with Crippen LogP contribution in [0.15, 0.2) is 36.7 Å². The zero-order valence-electron chi connectivity index (χ0n) is 12.3. The van der Waals surface area contributed by atoms with E-state index in [2.05, 4.69) is 4.98 Å². The van der Waals surface area contributed by atoms with E-state index in [4.69, 9.17) is 0 Å². The van der Waals surface area contributed by atoms with Crippen molar-refractivity contribution < 1.29 is 9.59 Å². The van der Waals surface area contributed by atoms with E-state index in [1.807, 2.05) is 31.2 Å². The van der Waals surface area contributed by atoms with Gasteiger partial charge in [0.1, 0.15) is 6.17 Å². The molecule has 0 fully saturated rings. The third-order valence-electron chi connectivity index (χ3n) is 3.84. The summed E-state index contributed by atoms with van der Waals surface area (Å²) in [6, 6.07) is 7.91. The Hall–Kier alpha value is -2.56. The van der Waals surface area contributed by atoms with Crippen LogP contribution < -0.4 is 0 Å². The Morgan fingerprint density at radius 3 is 2.19 bits per heavy atom. The van der Waals surface area contributed by atoms with Gasteiger partial charge in [-0.05, 0) is 13.0 Å². The lowest BCUT2D eigenvalue weighted by Crippen LogP contribution is -2.36. The van der Waals surface area contributed by atoms with Gasteiger partial charge in [0, 0.05) is 48.4 Å². The number of carbonyl (C=O) groups excluding carboxylic acids is 2. The van der Waals surface area contributed by atoms with Crippen LogP contribution in [0.25, 0.3) is 10.9 Å². The summed E-state index contributed by atoms with van der Waals surface area (Å²) in [5.41, 5.74) is 2.92. The number of para-hydroxylation sites is 1. The third-order valence-corrected chi connectivity index (χ3v) is 3.84. The first-order chi connectivity index (χ1) is 10.0. The molecule has 2 heterocycles. The number of amides is 2. The molecular weight excluding hydrogens is 266 g/mol. The summed E-state index contributed by atoms with van der Waals surface area (Å²) in [6.07, 6.45) is 2.90. The number of aromatic nitrogens is 1. The molecule has 0 atom stereocenters. The highest BCUT2D eigenvalue weighted by Gasteiger charge is 2.35. The van der Waals surface area contributed by atoms with Crippen molar-refractivity contribution in [2.24, 2.45) is 0 Å². The van der Waals surface area contributed by atoms with Crippen molar-refractivity contribution in [2.45, 2.75) is 26.9 Å². The van der Waals surface area contributed by atoms with E-state index >= 15 is 0 Å². The van der Waals surface area contributed by atoms with Crippen LogP contribution in [0.2, 0.25) is 0 Å². The molecule has 0 radical (unpaired) electrons. The molecular formula is C16H17N3O2. The molecule has 0 bridgehead atoms. The summed E-state index contributed by atoms with van der Waals surface area (Å²) in [5, 5.41) is 1.03. The molecule has 1 aliphatic rings. The highest BCUT2D eigenvalue weighted by molar-refractivity contribution is 5.88. The average Bonchev–Trinajstić information content (AvgIpc) is 2.97. The maximum atomic E-state index is 11.9. The fraction of sp³-hybridized carbons (Fsp3) is 0.250. The van der Waals surface area contributed by atoms with Crippen molar-refractivity contribution in [3.8, 4) is 0 Å². The molecule has 0 saturated heterocycles. The largest absolute Gasteiger partial charge is 0.358 e. The van der Waals surface area contributed by atoms with Crippen molar-refractivity contribution in [1.82, 2.24) is 14.8 Å². The highest BCUT2D eigenvalue weighted by Crippen LogP contribution is 2.37. The first kappa shape index (κ1) is 13.4. The Morgan fingerprint density at radius 2 is 1.62 bits per heavy atom. The number of aromatic amines is 1. The number of fused-ring (bicyclic) bond motifs is 1. The molecule has 5 heteroatoms. The molecule has 0 saturated carbocycles. The lowest BCUT2D eigenvalue weighted by molar-refractivity contribution is -0.135.